The molecule has 0 spiro atoms. The summed E-state index contributed by atoms with van der Waals surface area (Å²) in [5.41, 5.74) is 1.50. The molecule has 2 amide bonds. The van der Waals surface area contributed by atoms with Gasteiger partial charge < -0.3 is 15.2 Å². The standard InChI is InChI=1S/C21H22N6O4S/c1-13-7-6-8-15(11-13)20(29)22-14(2)19-24-25-21(26(19)3)32-12-18(28)23-16-9-4-5-10-17(16)27(30)31/h4-11,14H,12H2,1-3H3,(H,22,29)(H,23,28)/t14-/m1/s1. The van der Waals surface area contributed by atoms with Crippen molar-refractivity contribution in [3.8, 4) is 0 Å². The minimum absolute atomic E-state index is 0.0119. The number of nitrogens with one attached hydrogen (secondary N) is 2. The van der Waals surface area contributed by atoms with E-state index in [4.69, 9.17) is 0 Å². The Bertz CT molecular complexity index is 1160. The van der Waals surface area contributed by atoms with Gasteiger partial charge in [0.05, 0.1) is 16.7 Å². The van der Waals surface area contributed by atoms with Gasteiger partial charge in [0.1, 0.15) is 5.69 Å². The summed E-state index contributed by atoms with van der Waals surface area (Å²) in [7, 11) is 1.74. The van der Waals surface area contributed by atoms with Crippen LogP contribution in [0.5, 0.6) is 0 Å². The van der Waals surface area contributed by atoms with E-state index in [2.05, 4.69) is 20.8 Å². The molecule has 2 aromatic carbocycles. The van der Waals surface area contributed by atoms with Crippen molar-refractivity contribution in [2.75, 3.05) is 11.1 Å². The second-order valence-corrected chi connectivity index (χ2v) is 8.02. The number of amides is 2. The average Bonchev–Trinajstić information content (AvgIpc) is 3.13. The van der Waals surface area contributed by atoms with Gasteiger partial charge in [0.2, 0.25) is 5.91 Å². The highest BCUT2D eigenvalue weighted by molar-refractivity contribution is 7.99. The molecule has 0 saturated heterocycles. The normalized spacial score (nSPS) is 11.6. The number of carbonyl (C=O) groups excluding carboxylic acids is 2. The van der Waals surface area contributed by atoms with E-state index in [9.17, 15) is 19.7 Å². The third-order valence-electron chi connectivity index (χ3n) is 4.59. The number of para-hydroxylation sites is 2. The van der Waals surface area contributed by atoms with Crippen molar-refractivity contribution in [3.05, 3.63) is 75.6 Å². The third kappa shape index (κ3) is 5.49. The second-order valence-electron chi connectivity index (χ2n) is 7.08. The number of nitrogens with zero attached hydrogens (tertiary/aromatic N) is 4. The molecular formula is C21H22N6O4S. The van der Waals surface area contributed by atoms with Gasteiger partial charge >= 0.3 is 0 Å². The molecule has 0 aliphatic rings. The van der Waals surface area contributed by atoms with E-state index in [0.717, 1.165) is 17.3 Å². The van der Waals surface area contributed by atoms with Gasteiger partial charge in [0, 0.05) is 18.7 Å². The summed E-state index contributed by atoms with van der Waals surface area (Å²) in [6.45, 7) is 3.71. The lowest BCUT2D eigenvalue weighted by Crippen LogP contribution is -2.28. The Morgan fingerprint density at radius 3 is 2.66 bits per heavy atom. The second kappa shape index (κ2) is 10.1. The topological polar surface area (TPSA) is 132 Å². The molecule has 1 aromatic heterocycles. The van der Waals surface area contributed by atoms with Crippen LogP contribution < -0.4 is 10.6 Å². The van der Waals surface area contributed by atoms with Crippen LogP contribution >= 0.6 is 11.8 Å². The van der Waals surface area contributed by atoms with Crippen molar-refractivity contribution in [1.29, 1.82) is 0 Å². The zero-order valence-electron chi connectivity index (χ0n) is 17.7. The van der Waals surface area contributed by atoms with Crippen molar-refractivity contribution < 1.29 is 14.5 Å². The van der Waals surface area contributed by atoms with E-state index < -0.39 is 16.9 Å². The molecule has 0 aliphatic carbocycles. The molecule has 2 N–H and O–H groups in total. The van der Waals surface area contributed by atoms with Gasteiger partial charge in [-0.1, -0.05) is 41.6 Å². The number of hydrogen-bond donors (Lipinski definition) is 2. The van der Waals surface area contributed by atoms with Gasteiger partial charge in [-0.05, 0) is 32.0 Å². The van der Waals surface area contributed by atoms with Crippen molar-refractivity contribution in [2.24, 2.45) is 7.05 Å². The summed E-state index contributed by atoms with van der Waals surface area (Å²) >= 11 is 1.14. The van der Waals surface area contributed by atoms with Gasteiger partial charge in [-0.15, -0.1) is 10.2 Å². The SMILES string of the molecule is Cc1cccc(C(=O)N[C@H](C)c2nnc(SCC(=O)Nc3ccccc3[N+](=O)[O-])n2C)c1. The molecule has 11 heteroatoms. The molecule has 3 aromatic rings. The van der Waals surface area contributed by atoms with Crippen LogP contribution in [0.15, 0.2) is 53.7 Å². The Morgan fingerprint density at radius 2 is 1.94 bits per heavy atom. The quantitative estimate of drug-likeness (QED) is 0.303. The number of carbonyl (C=O) groups is 2. The lowest BCUT2D eigenvalue weighted by Gasteiger charge is -2.14. The molecule has 0 radical (unpaired) electrons. The molecule has 0 saturated carbocycles. The zero-order valence-corrected chi connectivity index (χ0v) is 18.5. The van der Waals surface area contributed by atoms with Crippen molar-refractivity contribution in [3.63, 3.8) is 0 Å². The maximum Gasteiger partial charge on any atom is 0.292 e. The van der Waals surface area contributed by atoms with Gasteiger partial charge in [0.15, 0.2) is 11.0 Å². The van der Waals surface area contributed by atoms with E-state index >= 15 is 0 Å². The molecule has 0 aliphatic heterocycles. The number of aryl methyl sites for hydroxylation is 1. The smallest absolute Gasteiger partial charge is 0.292 e. The summed E-state index contributed by atoms with van der Waals surface area (Å²) in [5, 5.41) is 25.2. The maximum absolute atomic E-state index is 12.5. The van der Waals surface area contributed by atoms with E-state index in [1.807, 2.05) is 19.1 Å². The van der Waals surface area contributed by atoms with E-state index in [-0.39, 0.29) is 23.0 Å². The van der Waals surface area contributed by atoms with Crippen LogP contribution in [0.2, 0.25) is 0 Å². The van der Waals surface area contributed by atoms with Crippen LogP contribution in [0.4, 0.5) is 11.4 Å². The van der Waals surface area contributed by atoms with Crippen LogP contribution in [0.1, 0.15) is 34.7 Å². The molecule has 0 unspecified atom stereocenters. The summed E-state index contributed by atoms with van der Waals surface area (Å²) < 4.78 is 1.70. The predicted octanol–water partition coefficient (Wildman–Crippen LogP) is 3.25. The molecule has 0 bridgehead atoms. The van der Waals surface area contributed by atoms with Crippen LogP contribution in [-0.4, -0.2) is 37.3 Å². The first-order valence-electron chi connectivity index (χ1n) is 9.69. The monoisotopic (exact) mass is 454 g/mol. The van der Waals surface area contributed by atoms with Crippen molar-refractivity contribution in [2.45, 2.75) is 25.0 Å². The Hall–Kier alpha value is -3.73. The molecule has 1 atom stereocenters. The Kier molecular flexibility index (Phi) is 7.21. The summed E-state index contributed by atoms with van der Waals surface area (Å²) in [6.07, 6.45) is 0. The maximum atomic E-state index is 12.5. The van der Waals surface area contributed by atoms with E-state index in [0.29, 0.717) is 16.5 Å². The average molecular weight is 455 g/mol. The van der Waals surface area contributed by atoms with E-state index in [1.165, 1.54) is 18.2 Å². The largest absolute Gasteiger partial charge is 0.342 e. The number of nitro benzene ring substituents is 1. The van der Waals surface area contributed by atoms with Gasteiger partial charge in [-0.2, -0.15) is 0 Å². The van der Waals surface area contributed by atoms with Gasteiger partial charge in [-0.3, -0.25) is 19.7 Å². The minimum Gasteiger partial charge on any atom is -0.342 e. The first-order valence-corrected chi connectivity index (χ1v) is 10.7. The number of hydrogen-bond acceptors (Lipinski definition) is 7. The highest BCUT2D eigenvalue weighted by Gasteiger charge is 2.20. The fourth-order valence-electron chi connectivity index (χ4n) is 3.01. The van der Waals surface area contributed by atoms with Crippen LogP contribution in [0.3, 0.4) is 0 Å². The Morgan fingerprint density at radius 1 is 1.19 bits per heavy atom. The Labute approximate surface area is 188 Å². The molecule has 0 fully saturated rings. The lowest BCUT2D eigenvalue weighted by atomic mass is 10.1. The Balaban J connectivity index is 1.60. The molecular weight excluding hydrogens is 432 g/mol. The summed E-state index contributed by atoms with van der Waals surface area (Å²) in [5.74, 6) is -0.105. The van der Waals surface area contributed by atoms with Gasteiger partial charge in [0.25, 0.3) is 11.6 Å². The van der Waals surface area contributed by atoms with Crippen LogP contribution in [0, 0.1) is 17.0 Å². The molecule has 10 nitrogen and oxygen atoms in total. The predicted molar refractivity (Wildman–Crippen MR) is 121 cm³/mol. The van der Waals surface area contributed by atoms with Crippen molar-refractivity contribution in [1.82, 2.24) is 20.1 Å². The first kappa shape index (κ1) is 22.9. The number of nitro groups is 1. The van der Waals surface area contributed by atoms with E-state index in [1.54, 1.807) is 36.7 Å². The number of benzene rings is 2. The third-order valence-corrected chi connectivity index (χ3v) is 5.61. The lowest BCUT2D eigenvalue weighted by molar-refractivity contribution is -0.383. The number of rotatable bonds is 8. The van der Waals surface area contributed by atoms with Crippen LogP contribution in [-0.2, 0) is 11.8 Å². The number of thioether (sulfide) groups is 1. The summed E-state index contributed by atoms with van der Waals surface area (Å²) in [4.78, 5) is 35.3. The highest BCUT2D eigenvalue weighted by Crippen LogP contribution is 2.24. The molecule has 3 rings (SSSR count). The number of anilines is 1. The highest BCUT2D eigenvalue weighted by atomic mass is 32.2. The minimum atomic E-state index is -0.551. The molecule has 1 heterocycles. The zero-order chi connectivity index (χ0) is 23.3. The number of aromatic nitrogens is 3. The summed E-state index contributed by atoms with van der Waals surface area (Å²) in [6, 6.07) is 12.8. The first-order chi connectivity index (χ1) is 15.3. The van der Waals surface area contributed by atoms with Crippen molar-refractivity contribution >= 4 is 35.0 Å². The molecule has 166 valence electrons. The van der Waals surface area contributed by atoms with Crippen LogP contribution in [0.25, 0.3) is 0 Å². The fourth-order valence-corrected chi connectivity index (χ4v) is 3.73. The fraction of sp³-hybridized carbons (Fsp3) is 0.238. The molecule has 32 heavy (non-hydrogen) atoms. The van der Waals surface area contributed by atoms with Gasteiger partial charge in [-0.25, -0.2) is 0 Å².